The van der Waals surface area contributed by atoms with Crippen LogP contribution in [0.15, 0.2) is 29.2 Å². The van der Waals surface area contributed by atoms with Gasteiger partial charge in [-0.2, -0.15) is 0 Å². The Morgan fingerprint density at radius 2 is 1.81 bits per heavy atom. The minimum absolute atomic E-state index is 0.694. The van der Waals surface area contributed by atoms with Crippen molar-refractivity contribution < 1.29 is 0 Å². The van der Waals surface area contributed by atoms with Gasteiger partial charge in [-0.1, -0.05) is 30.5 Å². The van der Waals surface area contributed by atoms with Gasteiger partial charge < -0.3 is 5.32 Å². The van der Waals surface area contributed by atoms with E-state index in [0.717, 1.165) is 5.25 Å². The zero-order valence-electron chi connectivity index (χ0n) is 10.2. The van der Waals surface area contributed by atoms with Gasteiger partial charge in [0.05, 0.1) is 0 Å². The minimum Gasteiger partial charge on any atom is -0.316 e. The number of aryl methyl sites for hydroxylation is 1. The summed E-state index contributed by atoms with van der Waals surface area (Å²) in [5.74, 6) is 0. The summed E-state index contributed by atoms with van der Waals surface area (Å²) in [4.78, 5) is 1.41. The van der Waals surface area contributed by atoms with E-state index in [2.05, 4.69) is 43.6 Å². The second-order valence-electron chi connectivity index (χ2n) is 4.65. The van der Waals surface area contributed by atoms with Crippen molar-refractivity contribution >= 4 is 11.8 Å². The van der Waals surface area contributed by atoms with Gasteiger partial charge in [-0.25, -0.2) is 0 Å². The van der Waals surface area contributed by atoms with E-state index in [1.54, 1.807) is 0 Å². The Labute approximate surface area is 103 Å². The summed E-state index contributed by atoms with van der Waals surface area (Å²) in [6.07, 6.45) is 5.46. The van der Waals surface area contributed by atoms with Gasteiger partial charge in [0.25, 0.3) is 0 Å². The highest BCUT2D eigenvalue weighted by Gasteiger charge is 2.24. The van der Waals surface area contributed by atoms with Crippen molar-refractivity contribution in [1.82, 2.24) is 5.32 Å². The van der Waals surface area contributed by atoms with E-state index < -0.39 is 0 Å². The zero-order valence-corrected chi connectivity index (χ0v) is 11.0. The van der Waals surface area contributed by atoms with Crippen LogP contribution < -0.4 is 5.32 Å². The molecule has 1 aliphatic carbocycles. The van der Waals surface area contributed by atoms with Crippen LogP contribution in [0.1, 0.15) is 31.2 Å². The van der Waals surface area contributed by atoms with Crippen molar-refractivity contribution in [2.24, 2.45) is 0 Å². The van der Waals surface area contributed by atoms with Crippen LogP contribution in [-0.2, 0) is 0 Å². The molecule has 1 aliphatic rings. The maximum atomic E-state index is 3.46. The summed E-state index contributed by atoms with van der Waals surface area (Å²) in [6, 6.07) is 9.61. The zero-order chi connectivity index (χ0) is 11.4. The van der Waals surface area contributed by atoms with Crippen LogP contribution in [-0.4, -0.2) is 18.3 Å². The number of hydrogen-bond donors (Lipinski definition) is 1. The van der Waals surface area contributed by atoms with Gasteiger partial charge in [0.1, 0.15) is 0 Å². The predicted octanol–water partition coefficient (Wildman–Crippen LogP) is 3.62. The molecule has 16 heavy (non-hydrogen) atoms. The van der Waals surface area contributed by atoms with Crippen LogP contribution in [0.4, 0.5) is 0 Å². The lowest BCUT2D eigenvalue weighted by molar-refractivity contribution is 0.405. The molecule has 0 spiro atoms. The predicted molar refractivity (Wildman–Crippen MR) is 72.1 cm³/mol. The van der Waals surface area contributed by atoms with Gasteiger partial charge in [0.2, 0.25) is 0 Å². The Balaban J connectivity index is 1.99. The minimum atomic E-state index is 0.694. The summed E-state index contributed by atoms with van der Waals surface area (Å²) in [5.41, 5.74) is 1.35. The Bertz CT molecular complexity index is 320. The molecule has 0 bridgehead atoms. The van der Waals surface area contributed by atoms with Crippen LogP contribution in [0.5, 0.6) is 0 Å². The maximum Gasteiger partial charge on any atom is 0.0248 e. The molecule has 1 N–H and O–H groups in total. The van der Waals surface area contributed by atoms with Gasteiger partial charge in [0.15, 0.2) is 0 Å². The number of nitrogens with one attached hydrogen (secondary N) is 1. The fraction of sp³-hybridized carbons (Fsp3) is 0.571. The molecule has 0 aromatic heterocycles. The second kappa shape index (κ2) is 5.74. The summed E-state index contributed by atoms with van der Waals surface area (Å²) < 4.78 is 0. The van der Waals surface area contributed by atoms with E-state index in [1.165, 1.54) is 36.1 Å². The molecular formula is C14H21NS. The first-order valence-electron chi connectivity index (χ1n) is 6.20. The van der Waals surface area contributed by atoms with Crippen molar-refractivity contribution in [3.8, 4) is 0 Å². The third kappa shape index (κ3) is 3.02. The summed E-state index contributed by atoms with van der Waals surface area (Å²) >= 11 is 2.04. The van der Waals surface area contributed by atoms with Gasteiger partial charge in [-0.3, -0.25) is 0 Å². The van der Waals surface area contributed by atoms with Crippen molar-refractivity contribution in [1.29, 1.82) is 0 Å². The molecule has 0 radical (unpaired) electrons. The molecule has 1 saturated carbocycles. The first-order valence-corrected chi connectivity index (χ1v) is 7.08. The quantitative estimate of drug-likeness (QED) is 0.859. The number of thioether (sulfide) groups is 1. The molecule has 0 heterocycles. The Kier molecular flexibility index (Phi) is 4.30. The first kappa shape index (κ1) is 12.0. The normalized spacial score (nSPS) is 25.6. The lowest BCUT2D eigenvalue weighted by Crippen LogP contribution is -2.38. The van der Waals surface area contributed by atoms with Gasteiger partial charge in [-0.15, -0.1) is 11.8 Å². The van der Waals surface area contributed by atoms with Crippen LogP contribution in [0.3, 0.4) is 0 Å². The van der Waals surface area contributed by atoms with Crippen LogP contribution in [0.2, 0.25) is 0 Å². The van der Waals surface area contributed by atoms with E-state index in [1.807, 2.05) is 11.8 Å². The van der Waals surface area contributed by atoms with Gasteiger partial charge in [0, 0.05) is 16.2 Å². The standard InChI is InChI=1S/C14H21NS/c1-11-7-9-12(10-8-11)16-14-6-4-3-5-13(14)15-2/h7-10,13-15H,3-6H2,1-2H3. The van der Waals surface area contributed by atoms with Crippen LogP contribution >= 0.6 is 11.8 Å². The number of benzene rings is 1. The summed E-state index contributed by atoms with van der Waals surface area (Å²) in [6.45, 7) is 2.14. The molecule has 1 aromatic carbocycles. The SMILES string of the molecule is CNC1CCCCC1Sc1ccc(C)cc1. The Hall–Kier alpha value is -0.470. The topological polar surface area (TPSA) is 12.0 Å². The number of hydrogen-bond acceptors (Lipinski definition) is 2. The summed E-state index contributed by atoms with van der Waals surface area (Å²) in [7, 11) is 2.10. The smallest absolute Gasteiger partial charge is 0.0248 e. The molecule has 2 unspecified atom stereocenters. The molecule has 1 nitrogen and oxygen atoms in total. The third-order valence-electron chi connectivity index (χ3n) is 3.38. The molecule has 0 saturated heterocycles. The molecule has 2 rings (SSSR count). The maximum absolute atomic E-state index is 3.46. The fourth-order valence-electron chi connectivity index (χ4n) is 2.36. The average Bonchev–Trinajstić information content (AvgIpc) is 2.33. The van der Waals surface area contributed by atoms with E-state index >= 15 is 0 Å². The second-order valence-corrected chi connectivity index (χ2v) is 5.96. The van der Waals surface area contributed by atoms with Crippen molar-refractivity contribution in [3.63, 3.8) is 0 Å². The molecule has 2 atom stereocenters. The Morgan fingerprint density at radius 1 is 1.12 bits per heavy atom. The molecule has 1 fully saturated rings. The Morgan fingerprint density at radius 3 is 2.50 bits per heavy atom. The largest absolute Gasteiger partial charge is 0.316 e. The van der Waals surface area contributed by atoms with E-state index in [9.17, 15) is 0 Å². The molecule has 2 heteroatoms. The molecule has 0 aliphatic heterocycles. The summed E-state index contributed by atoms with van der Waals surface area (Å²) in [5, 5.41) is 4.22. The van der Waals surface area contributed by atoms with Crippen molar-refractivity contribution in [2.45, 2.75) is 48.8 Å². The first-order chi connectivity index (χ1) is 7.79. The molecule has 1 aromatic rings. The van der Waals surface area contributed by atoms with E-state index in [-0.39, 0.29) is 0 Å². The third-order valence-corrected chi connectivity index (χ3v) is 4.79. The van der Waals surface area contributed by atoms with Crippen molar-refractivity contribution in [2.75, 3.05) is 7.05 Å². The van der Waals surface area contributed by atoms with E-state index in [4.69, 9.17) is 0 Å². The lowest BCUT2D eigenvalue weighted by atomic mass is 9.95. The lowest BCUT2D eigenvalue weighted by Gasteiger charge is -2.30. The molecule has 0 amide bonds. The van der Waals surface area contributed by atoms with Crippen molar-refractivity contribution in [3.05, 3.63) is 29.8 Å². The highest BCUT2D eigenvalue weighted by Crippen LogP contribution is 2.33. The number of rotatable bonds is 3. The van der Waals surface area contributed by atoms with Crippen LogP contribution in [0.25, 0.3) is 0 Å². The highest BCUT2D eigenvalue weighted by atomic mass is 32.2. The molecule has 88 valence electrons. The average molecular weight is 235 g/mol. The van der Waals surface area contributed by atoms with Gasteiger partial charge in [-0.05, 0) is 38.9 Å². The fourth-order valence-corrected chi connectivity index (χ4v) is 3.72. The monoisotopic (exact) mass is 235 g/mol. The molecular weight excluding hydrogens is 214 g/mol. The van der Waals surface area contributed by atoms with Gasteiger partial charge >= 0.3 is 0 Å². The van der Waals surface area contributed by atoms with E-state index in [0.29, 0.717) is 6.04 Å². The highest BCUT2D eigenvalue weighted by molar-refractivity contribution is 8.00. The van der Waals surface area contributed by atoms with Crippen LogP contribution in [0, 0.1) is 6.92 Å².